The summed E-state index contributed by atoms with van der Waals surface area (Å²) in [7, 11) is 0. The first-order valence-electron chi connectivity index (χ1n) is 7.92. The molecule has 1 aliphatic heterocycles. The summed E-state index contributed by atoms with van der Waals surface area (Å²) in [6.07, 6.45) is -5.71. The SMILES string of the molecule is O=C1C[C@@H](C(F)(F)F)N(C(=O)CSc2ccccc2F)c2ccccc2N1. The molecule has 0 fully saturated rings. The maximum Gasteiger partial charge on any atom is 0.409 e. The third-order valence-corrected chi connectivity index (χ3v) is 5.00. The van der Waals surface area contributed by atoms with Crippen molar-refractivity contribution in [3.8, 4) is 0 Å². The average molecular weight is 398 g/mol. The average Bonchev–Trinajstić information content (AvgIpc) is 2.76. The molecule has 1 aliphatic rings. The summed E-state index contributed by atoms with van der Waals surface area (Å²) < 4.78 is 54.5. The van der Waals surface area contributed by atoms with Crippen LogP contribution in [0, 0.1) is 5.82 Å². The van der Waals surface area contributed by atoms with Gasteiger partial charge < -0.3 is 5.32 Å². The fourth-order valence-corrected chi connectivity index (χ4v) is 3.57. The second kappa shape index (κ2) is 7.59. The van der Waals surface area contributed by atoms with Crippen LogP contribution in [0.2, 0.25) is 0 Å². The highest BCUT2D eigenvalue weighted by Crippen LogP contribution is 2.38. The summed E-state index contributed by atoms with van der Waals surface area (Å²) >= 11 is 0.805. The number of nitrogens with one attached hydrogen (secondary N) is 1. The molecule has 0 radical (unpaired) electrons. The number of para-hydroxylation sites is 2. The van der Waals surface area contributed by atoms with Crippen LogP contribution in [0.5, 0.6) is 0 Å². The number of thioether (sulfide) groups is 1. The summed E-state index contributed by atoms with van der Waals surface area (Å²) in [6, 6.07) is 9.18. The lowest BCUT2D eigenvalue weighted by Crippen LogP contribution is -2.50. The van der Waals surface area contributed by atoms with E-state index in [0.29, 0.717) is 4.90 Å². The number of halogens is 4. The van der Waals surface area contributed by atoms with Gasteiger partial charge in [0, 0.05) is 4.90 Å². The van der Waals surface area contributed by atoms with Crippen molar-refractivity contribution in [3.63, 3.8) is 0 Å². The highest BCUT2D eigenvalue weighted by atomic mass is 32.2. The van der Waals surface area contributed by atoms with E-state index in [-0.39, 0.29) is 16.3 Å². The Morgan fingerprint density at radius 2 is 1.81 bits per heavy atom. The van der Waals surface area contributed by atoms with E-state index >= 15 is 0 Å². The minimum atomic E-state index is -4.80. The lowest BCUT2D eigenvalue weighted by atomic mass is 10.1. The Morgan fingerprint density at radius 1 is 1.15 bits per heavy atom. The van der Waals surface area contributed by atoms with Crippen molar-refractivity contribution < 1.29 is 27.2 Å². The number of hydrogen-bond acceptors (Lipinski definition) is 3. The Labute approximate surface area is 156 Å². The van der Waals surface area contributed by atoms with Crippen molar-refractivity contribution in [3.05, 3.63) is 54.3 Å². The molecule has 3 rings (SSSR count). The topological polar surface area (TPSA) is 49.4 Å². The summed E-state index contributed by atoms with van der Waals surface area (Å²) in [5, 5.41) is 2.39. The highest BCUT2D eigenvalue weighted by molar-refractivity contribution is 8.00. The van der Waals surface area contributed by atoms with Crippen LogP contribution in [0.15, 0.2) is 53.4 Å². The lowest BCUT2D eigenvalue weighted by molar-refractivity contribution is -0.157. The number of nitrogens with zero attached hydrogens (tertiary/aromatic N) is 1. The normalized spacial score (nSPS) is 17.1. The molecule has 2 aromatic rings. The highest BCUT2D eigenvalue weighted by Gasteiger charge is 2.48. The van der Waals surface area contributed by atoms with Crippen molar-refractivity contribution in [2.24, 2.45) is 0 Å². The number of rotatable bonds is 3. The van der Waals surface area contributed by atoms with E-state index in [2.05, 4.69) is 5.32 Å². The molecule has 0 bridgehead atoms. The zero-order chi connectivity index (χ0) is 19.6. The smallest absolute Gasteiger partial charge is 0.324 e. The molecular weight excluding hydrogens is 384 g/mol. The first-order chi connectivity index (χ1) is 12.8. The van der Waals surface area contributed by atoms with Gasteiger partial charge >= 0.3 is 6.18 Å². The molecule has 4 nitrogen and oxygen atoms in total. The molecular formula is C18H14F4N2O2S. The van der Waals surface area contributed by atoms with Crippen molar-refractivity contribution in [1.82, 2.24) is 0 Å². The number of anilines is 2. The van der Waals surface area contributed by atoms with Crippen LogP contribution in [0.25, 0.3) is 0 Å². The van der Waals surface area contributed by atoms with Gasteiger partial charge in [0.2, 0.25) is 11.8 Å². The number of alkyl halides is 3. The summed E-state index contributed by atoms with van der Waals surface area (Å²) in [6.45, 7) is 0. The van der Waals surface area contributed by atoms with E-state index < -0.39 is 42.0 Å². The molecule has 0 saturated carbocycles. The van der Waals surface area contributed by atoms with Gasteiger partial charge in [-0.2, -0.15) is 13.2 Å². The molecule has 2 aromatic carbocycles. The van der Waals surface area contributed by atoms with Gasteiger partial charge in [-0.25, -0.2) is 4.39 Å². The minimum Gasteiger partial charge on any atom is -0.324 e. The molecule has 9 heteroatoms. The number of carbonyl (C=O) groups excluding carboxylic acids is 2. The Morgan fingerprint density at radius 3 is 2.52 bits per heavy atom. The number of carbonyl (C=O) groups is 2. The molecule has 142 valence electrons. The van der Waals surface area contributed by atoms with Gasteiger partial charge in [-0.3, -0.25) is 14.5 Å². The predicted molar refractivity (Wildman–Crippen MR) is 94.1 cm³/mol. The van der Waals surface area contributed by atoms with Gasteiger partial charge in [0.15, 0.2) is 0 Å². The number of fused-ring (bicyclic) bond motifs is 1. The van der Waals surface area contributed by atoms with E-state index in [1.54, 1.807) is 12.1 Å². The lowest BCUT2D eigenvalue weighted by Gasteiger charge is -2.31. The van der Waals surface area contributed by atoms with Gasteiger partial charge in [-0.05, 0) is 24.3 Å². The maximum absolute atomic E-state index is 13.7. The molecule has 0 aliphatic carbocycles. The second-order valence-corrected chi connectivity index (χ2v) is 6.83. The zero-order valence-electron chi connectivity index (χ0n) is 13.8. The van der Waals surface area contributed by atoms with Crippen LogP contribution < -0.4 is 10.2 Å². The summed E-state index contributed by atoms with van der Waals surface area (Å²) in [4.78, 5) is 25.3. The fraction of sp³-hybridized carbons (Fsp3) is 0.222. The van der Waals surface area contributed by atoms with Crippen molar-refractivity contribution >= 4 is 35.0 Å². The zero-order valence-corrected chi connectivity index (χ0v) is 14.6. The molecule has 0 spiro atoms. The maximum atomic E-state index is 13.7. The van der Waals surface area contributed by atoms with Crippen LogP contribution in [0.3, 0.4) is 0 Å². The Balaban J connectivity index is 1.94. The first-order valence-corrected chi connectivity index (χ1v) is 8.91. The van der Waals surface area contributed by atoms with Crippen LogP contribution in [0.4, 0.5) is 28.9 Å². The number of amides is 2. The Kier molecular flexibility index (Phi) is 5.41. The first kappa shape index (κ1) is 19.2. The van der Waals surface area contributed by atoms with Gasteiger partial charge in [0.1, 0.15) is 11.9 Å². The molecule has 1 heterocycles. The van der Waals surface area contributed by atoms with Crippen molar-refractivity contribution in [2.45, 2.75) is 23.5 Å². The van der Waals surface area contributed by atoms with Crippen molar-refractivity contribution in [2.75, 3.05) is 16.0 Å². The van der Waals surface area contributed by atoms with E-state index in [0.717, 1.165) is 11.8 Å². The van der Waals surface area contributed by atoms with Gasteiger partial charge in [0.25, 0.3) is 0 Å². The summed E-state index contributed by atoms with van der Waals surface area (Å²) in [5.41, 5.74) is 0.0864. The molecule has 0 saturated heterocycles. The molecule has 1 atom stereocenters. The molecule has 1 N–H and O–H groups in total. The van der Waals surface area contributed by atoms with Gasteiger partial charge in [-0.1, -0.05) is 24.3 Å². The number of hydrogen-bond donors (Lipinski definition) is 1. The number of benzene rings is 2. The van der Waals surface area contributed by atoms with Crippen LogP contribution >= 0.6 is 11.8 Å². The predicted octanol–water partition coefficient (Wildman–Crippen LogP) is 4.22. The van der Waals surface area contributed by atoms with Crippen molar-refractivity contribution in [1.29, 1.82) is 0 Å². The molecule has 0 aromatic heterocycles. The largest absolute Gasteiger partial charge is 0.409 e. The van der Waals surface area contributed by atoms with E-state index in [1.807, 2.05) is 0 Å². The third kappa shape index (κ3) is 4.24. The van der Waals surface area contributed by atoms with E-state index in [4.69, 9.17) is 0 Å². The monoisotopic (exact) mass is 398 g/mol. The second-order valence-electron chi connectivity index (χ2n) is 5.81. The van der Waals surface area contributed by atoms with Crippen LogP contribution in [-0.2, 0) is 9.59 Å². The van der Waals surface area contributed by atoms with Crippen LogP contribution in [0.1, 0.15) is 6.42 Å². The fourth-order valence-electron chi connectivity index (χ4n) is 2.77. The Bertz CT molecular complexity index is 872. The summed E-state index contributed by atoms with van der Waals surface area (Å²) in [5.74, 6) is -2.66. The quantitative estimate of drug-likeness (QED) is 0.622. The van der Waals surface area contributed by atoms with E-state index in [1.165, 1.54) is 36.4 Å². The van der Waals surface area contributed by atoms with Gasteiger partial charge in [-0.15, -0.1) is 11.8 Å². The standard InChI is InChI=1S/C18H14F4N2O2S/c19-11-5-1-4-8-14(11)27-10-17(26)24-13-7-3-2-6-12(13)23-16(25)9-15(24)18(20,21)22/h1-8,15H,9-10H2,(H,23,25)/t15-/m0/s1. The van der Waals surface area contributed by atoms with E-state index in [9.17, 15) is 27.2 Å². The van der Waals surface area contributed by atoms with Crippen LogP contribution in [-0.4, -0.2) is 29.8 Å². The molecule has 2 amide bonds. The Hall–Kier alpha value is -2.55. The minimum absolute atomic E-state index is 0.0372. The molecule has 0 unspecified atom stereocenters. The molecule has 27 heavy (non-hydrogen) atoms. The van der Waals surface area contributed by atoms with Gasteiger partial charge in [0.05, 0.1) is 23.5 Å². The third-order valence-electron chi connectivity index (χ3n) is 3.96.